The zero-order chi connectivity index (χ0) is 17.0. The average molecular weight is 312 g/mol. The number of nitrogens with one attached hydrogen (secondary N) is 1. The minimum absolute atomic E-state index is 0.0183. The first kappa shape index (κ1) is 16.7. The summed E-state index contributed by atoms with van der Waals surface area (Å²) in [4.78, 5) is 22.9. The highest BCUT2D eigenvalue weighted by Gasteiger charge is 2.15. The monoisotopic (exact) mass is 312 g/mol. The van der Waals surface area contributed by atoms with Gasteiger partial charge >= 0.3 is 0 Å². The largest absolute Gasteiger partial charge is 0.321 e. The second kappa shape index (κ2) is 7.05. The van der Waals surface area contributed by atoms with Crippen LogP contribution in [0.5, 0.6) is 0 Å². The van der Waals surface area contributed by atoms with Crippen molar-refractivity contribution in [3.8, 4) is 0 Å². The molecule has 5 nitrogen and oxygen atoms in total. The van der Waals surface area contributed by atoms with E-state index in [4.69, 9.17) is 0 Å². The maximum Gasteiger partial charge on any atom is 0.272 e. The molecule has 0 saturated heterocycles. The van der Waals surface area contributed by atoms with Gasteiger partial charge in [0.05, 0.1) is 4.92 Å². The quantitative estimate of drug-likeness (QED) is 0.661. The van der Waals surface area contributed by atoms with Crippen LogP contribution in [0.25, 0.3) is 0 Å². The van der Waals surface area contributed by atoms with Crippen molar-refractivity contribution in [1.82, 2.24) is 0 Å². The summed E-state index contributed by atoms with van der Waals surface area (Å²) in [6.07, 6.45) is 1.64. The molecule has 0 aliphatic heterocycles. The number of nitro benzene ring substituents is 1. The molecule has 2 aromatic rings. The Hall–Kier alpha value is -2.69. The van der Waals surface area contributed by atoms with Crippen LogP contribution in [0, 0.1) is 17.0 Å². The van der Waals surface area contributed by atoms with Crippen LogP contribution in [0.4, 0.5) is 11.4 Å². The number of para-hydroxylation sites is 1. The lowest BCUT2D eigenvalue weighted by Gasteiger charge is -2.14. The standard InChI is InChI=1S/C18H20N2O3/c1-4-13-7-6-8-14(5-2)17(13)19-18(21)15-9-10-16(20(22)23)12(3)11-15/h6-11H,4-5H2,1-3H3,(H,19,21). The van der Waals surface area contributed by atoms with Crippen LogP contribution in [-0.2, 0) is 12.8 Å². The second-order valence-electron chi connectivity index (χ2n) is 5.37. The summed E-state index contributed by atoms with van der Waals surface area (Å²) in [7, 11) is 0. The molecule has 0 bridgehead atoms. The third kappa shape index (κ3) is 3.56. The van der Waals surface area contributed by atoms with E-state index in [0.29, 0.717) is 11.1 Å². The summed E-state index contributed by atoms with van der Waals surface area (Å²) in [5.74, 6) is -0.251. The Morgan fingerprint density at radius 2 is 1.74 bits per heavy atom. The molecule has 0 spiro atoms. The van der Waals surface area contributed by atoms with E-state index in [9.17, 15) is 14.9 Å². The van der Waals surface area contributed by atoms with E-state index < -0.39 is 4.92 Å². The molecule has 2 aromatic carbocycles. The molecule has 0 atom stereocenters. The van der Waals surface area contributed by atoms with Crippen molar-refractivity contribution in [2.24, 2.45) is 0 Å². The van der Waals surface area contributed by atoms with Crippen molar-refractivity contribution in [2.45, 2.75) is 33.6 Å². The van der Waals surface area contributed by atoms with Gasteiger partial charge < -0.3 is 5.32 Å². The molecular formula is C18H20N2O3. The van der Waals surface area contributed by atoms with Gasteiger partial charge in [-0.1, -0.05) is 32.0 Å². The molecule has 2 rings (SSSR count). The Morgan fingerprint density at radius 1 is 1.13 bits per heavy atom. The number of hydrogen-bond acceptors (Lipinski definition) is 3. The summed E-state index contributed by atoms with van der Waals surface area (Å²) < 4.78 is 0. The van der Waals surface area contributed by atoms with E-state index in [1.807, 2.05) is 32.0 Å². The van der Waals surface area contributed by atoms with Crippen LogP contribution >= 0.6 is 0 Å². The molecule has 0 aliphatic carbocycles. The third-order valence-electron chi connectivity index (χ3n) is 3.89. The predicted molar refractivity (Wildman–Crippen MR) is 91.0 cm³/mol. The fraction of sp³-hybridized carbons (Fsp3) is 0.278. The molecule has 5 heteroatoms. The van der Waals surface area contributed by atoms with Crippen molar-refractivity contribution in [1.29, 1.82) is 0 Å². The van der Waals surface area contributed by atoms with Crippen molar-refractivity contribution < 1.29 is 9.72 Å². The number of rotatable bonds is 5. The molecule has 23 heavy (non-hydrogen) atoms. The number of nitro groups is 1. The summed E-state index contributed by atoms with van der Waals surface area (Å²) in [5.41, 5.74) is 3.92. The van der Waals surface area contributed by atoms with Crippen molar-refractivity contribution in [2.75, 3.05) is 5.32 Å². The lowest BCUT2D eigenvalue weighted by atomic mass is 10.0. The Morgan fingerprint density at radius 3 is 2.22 bits per heavy atom. The van der Waals surface area contributed by atoms with Gasteiger partial charge in [0.25, 0.3) is 11.6 Å². The van der Waals surface area contributed by atoms with Crippen molar-refractivity contribution in [3.05, 3.63) is 68.8 Å². The Kier molecular flexibility index (Phi) is 5.11. The van der Waals surface area contributed by atoms with Gasteiger partial charge in [-0.25, -0.2) is 0 Å². The third-order valence-corrected chi connectivity index (χ3v) is 3.89. The normalized spacial score (nSPS) is 10.4. The molecule has 0 fully saturated rings. The first-order chi connectivity index (χ1) is 11.0. The summed E-state index contributed by atoms with van der Waals surface area (Å²) in [6.45, 7) is 5.72. The molecular weight excluding hydrogens is 292 g/mol. The molecule has 0 unspecified atom stereocenters. The topological polar surface area (TPSA) is 72.2 Å². The zero-order valence-corrected chi connectivity index (χ0v) is 13.6. The first-order valence-corrected chi connectivity index (χ1v) is 7.65. The fourth-order valence-electron chi connectivity index (χ4n) is 2.59. The number of hydrogen-bond donors (Lipinski definition) is 1. The minimum Gasteiger partial charge on any atom is -0.321 e. The number of carbonyl (C=O) groups excluding carboxylic acids is 1. The molecule has 0 heterocycles. The maximum absolute atomic E-state index is 12.5. The fourth-order valence-corrected chi connectivity index (χ4v) is 2.59. The molecule has 0 saturated carbocycles. The lowest BCUT2D eigenvalue weighted by molar-refractivity contribution is -0.385. The summed E-state index contributed by atoms with van der Waals surface area (Å²) >= 11 is 0. The molecule has 1 amide bonds. The van der Waals surface area contributed by atoms with Crippen LogP contribution in [0.2, 0.25) is 0 Å². The highest BCUT2D eigenvalue weighted by molar-refractivity contribution is 6.05. The van der Waals surface area contributed by atoms with Gasteiger partial charge in [0.1, 0.15) is 0 Å². The van der Waals surface area contributed by atoms with Crippen LogP contribution in [0.15, 0.2) is 36.4 Å². The summed E-state index contributed by atoms with van der Waals surface area (Å²) in [5, 5.41) is 13.8. The van der Waals surface area contributed by atoms with Crippen LogP contribution < -0.4 is 5.32 Å². The second-order valence-corrected chi connectivity index (χ2v) is 5.37. The number of amides is 1. The van der Waals surface area contributed by atoms with E-state index in [0.717, 1.165) is 29.7 Å². The number of aryl methyl sites for hydroxylation is 3. The van der Waals surface area contributed by atoms with Crippen molar-refractivity contribution in [3.63, 3.8) is 0 Å². The van der Waals surface area contributed by atoms with Gasteiger partial charge in [-0.2, -0.15) is 0 Å². The average Bonchev–Trinajstić information content (AvgIpc) is 2.54. The Bertz CT molecular complexity index is 732. The Balaban J connectivity index is 2.33. The molecule has 0 aliphatic rings. The lowest BCUT2D eigenvalue weighted by Crippen LogP contribution is -2.15. The van der Waals surface area contributed by atoms with Gasteiger partial charge in [0.2, 0.25) is 0 Å². The van der Waals surface area contributed by atoms with E-state index in [2.05, 4.69) is 5.32 Å². The van der Waals surface area contributed by atoms with Gasteiger partial charge in [-0.15, -0.1) is 0 Å². The van der Waals surface area contributed by atoms with E-state index in [1.54, 1.807) is 13.0 Å². The van der Waals surface area contributed by atoms with Gasteiger partial charge in [0, 0.05) is 22.9 Å². The summed E-state index contributed by atoms with van der Waals surface area (Å²) in [6, 6.07) is 10.4. The first-order valence-electron chi connectivity index (χ1n) is 7.65. The number of anilines is 1. The predicted octanol–water partition coefficient (Wildman–Crippen LogP) is 4.28. The van der Waals surface area contributed by atoms with E-state index in [1.165, 1.54) is 12.1 Å². The van der Waals surface area contributed by atoms with Crippen LogP contribution in [0.1, 0.15) is 40.9 Å². The Labute approximate surface area is 135 Å². The molecule has 120 valence electrons. The number of carbonyl (C=O) groups is 1. The number of benzene rings is 2. The van der Waals surface area contributed by atoms with Gasteiger partial charge in [-0.3, -0.25) is 14.9 Å². The minimum atomic E-state index is -0.446. The highest BCUT2D eigenvalue weighted by Crippen LogP contribution is 2.24. The SMILES string of the molecule is CCc1cccc(CC)c1NC(=O)c1ccc([N+](=O)[O-])c(C)c1. The molecule has 1 N–H and O–H groups in total. The van der Waals surface area contributed by atoms with E-state index in [-0.39, 0.29) is 11.6 Å². The smallest absolute Gasteiger partial charge is 0.272 e. The van der Waals surface area contributed by atoms with Crippen molar-refractivity contribution >= 4 is 17.3 Å². The molecule has 0 aromatic heterocycles. The molecule has 0 radical (unpaired) electrons. The van der Waals surface area contributed by atoms with E-state index >= 15 is 0 Å². The van der Waals surface area contributed by atoms with Gasteiger partial charge in [0.15, 0.2) is 0 Å². The van der Waals surface area contributed by atoms with Crippen LogP contribution in [0.3, 0.4) is 0 Å². The number of nitrogens with zero attached hydrogens (tertiary/aromatic N) is 1. The zero-order valence-electron chi connectivity index (χ0n) is 13.6. The maximum atomic E-state index is 12.5. The van der Waals surface area contributed by atoms with Gasteiger partial charge in [-0.05, 0) is 43.0 Å². The highest BCUT2D eigenvalue weighted by atomic mass is 16.6. The van der Waals surface area contributed by atoms with Crippen LogP contribution in [-0.4, -0.2) is 10.8 Å².